The maximum Gasteiger partial charge on any atom is 0.419 e. The lowest BCUT2D eigenvalue weighted by molar-refractivity contribution is -0.144. The first-order chi connectivity index (χ1) is 11.3. The average Bonchev–Trinajstić information content (AvgIpc) is 3.05. The molecule has 2 atom stereocenters. The Hall–Kier alpha value is -1.47. The monoisotopic (exact) mass is 380 g/mol. The molecule has 0 radical (unpaired) electrons. The van der Waals surface area contributed by atoms with Crippen molar-refractivity contribution in [1.29, 1.82) is 0 Å². The van der Waals surface area contributed by atoms with Crippen molar-refractivity contribution in [3.8, 4) is 5.75 Å². The summed E-state index contributed by atoms with van der Waals surface area (Å²) >= 11 is 0. The summed E-state index contributed by atoms with van der Waals surface area (Å²) in [7, 11) is 0. The van der Waals surface area contributed by atoms with E-state index in [9.17, 15) is 18.0 Å². The fourth-order valence-electron chi connectivity index (χ4n) is 2.90. The first kappa shape index (κ1) is 21.6. The van der Waals surface area contributed by atoms with Crippen LogP contribution in [0.5, 0.6) is 5.75 Å². The molecule has 1 saturated heterocycles. The molecule has 0 aliphatic carbocycles. The molecule has 1 aromatic carbocycles. The molecule has 0 spiro atoms. The van der Waals surface area contributed by atoms with Gasteiger partial charge in [-0.05, 0) is 38.4 Å². The first-order valence-electron chi connectivity index (χ1n) is 8.18. The van der Waals surface area contributed by atoms with E-state index in [1.807, 2.05) is 6.92 Å². The lowest BCUT2D eigenvalue weighted by atomic mass is 10.1. The zero-order valence-corrected chi connectivity index (χ0v) is 15.1. The van der Waals surface area contributed by atoms with Gasteiger partial charge < -0.3 is 15.0 Å². The minimum atomic E-state index is -4.52. The minimum absolute atomic E-state index is 0. The van der Waals surface area contributed by atoms with Gasteiger partial charge in [-0.15, -0.1) is 12.4 Å². The van der Waals surface area contributed by atoms with Crippen LogP contribution in [0.2, 0.25) is 0 Å². The van der Waals surface area contributed by atoms with Crippen molar-refractivity contribution >= 4 is 18.3 Å². The number of ether oxygens (including phenoxy) is 1. The van der Waals surface area contributed by atoms with Crippen molar-refractivity contribution in [2.75, 3.05) is 19.6 Å². The Morgan fingerprint density at radius 3 is 2.64 bits per heavy atom. The average molecular weight is 381 g/mol. The number of hydrogen-bond donors (Lipinski definition) is 1. The fraction of sp³-hybridized carbons (Fsp3) is 0.588. The number of carbonyl (C=O) groups excluding carboxylic acids is 1. The van der Waals surface area contributed by atoms with Crippen LogP contribution in [-0.2, 0) is 11.0 Å². The normalized spacial score (nSPS) is 18.4. The largest absolute Gasteiger partial charge is 0.480 e. The Kier molecular flexibility index (Phi) is 8.02. The quantitative estimate of drug-likeness (QED) is 0.821. The van der Waals surface area contributed by atoms with E-state index in [4.69, 9.17) is 4.74 Å². The Morgan fingerprint density at radius 2 is 2.08 bits per heavy atom. The standard InChI is InChI=1S/C17H23F3N2O2.ClH/c1-3-10-22(13-8-9-21-11-13)16(23)12(2)24-15-7-5-4-6-14(15)17(18,19)20;/h4-7,12-13,21H,3,8-11H2,1-2H3;1H. The fourth-order valence-corrected chi connectivity index (χ4v) is 2.90. The summed E-state index contributed by atoms with van der Waals surface area (Å²) in [6.07, 6.45) is -3.86. The van der Waals surface area contributed by atoms with Gasteiger partial charge in [-0.2, -0.15) is 13.2 Å². The van der Waals surface area contributed by atoms with Gasteiger partial charge in [0.2, 0.25) is 0 Å². The van der Waals surface area contributed by atoms with Gasteiger partial charge in [0.1, 0.15) is 5.75 Å². The lowest BCUT2D eigenvalue weighted by Gasteiger charge is -2.31. The summed E-state index contributed by atoms with van der Waals surface area (Å²) in [5, 5.41) is 3.20. The Balaban J connectivity index is 0.00000312. The smallest absolute Gasteiger partial charge is 0.419 e. The Bertz CT molecular complexity index is 563. The van der Waals surface area contributed by atoms with Crippen LogP contribution in [-0.4, -0.2) is 42.6 Å². The molecule has 4 nitrogen and oxygen atoms in total. The number of rotatable bonds is 6. The second-order valence-corrected chi connectivity index (χ2v) is 5.93. The lowest BCUT2D eigenvalue weighted by Crippen LogP contribution is -2.47. The van der Waals surface area contributed by atoms with Gasteiger partial charge in [-0.3, -0.25) is 4.79 Å². The van der Waals surface area contributed by atoms with Crippen LogP contribution in [0.4, 0.5) is 13.2 Å². The Labute approximate surface area is 152 Å². The molecule has 1 aliphatic rings. The van der Waals surface area contributed by atoms with Crippen LogP contribution < -0.4 is 10.1 Å². The molecule has 1 aromatic rings. The molecule has 2 unspecified atom stereocenters. The number of amides is 1. The molecule has 8 heteroatoms. The summed E-state index contributed by atoms with van der Waals surface area (Å²) in [4.78, 5) is 14.4. The summed E-state index contributed by atoms with van der Waals surface area (Å²) in [5.74, 6) is -0.589. The van der Waals surface area contributed by atoms with E-state index >= 15 is 0 Å². The van der Waals surface area contributed by atoms with Crippen LogP contribution in [0.15, 0.2) is 24.3 Å². The topological polar surface area (TPSA) is 41.6 Å². The number of halogens is 4. The maximum absolute atomic E-state index is 13.0. The van der Waals surface area contributed by atoms with Gasteiger partial charge in [0, 0.05) is 19.1 Å². The molecular weight excluding hydrogens is 357 g/mol. The van der Waals surface area contributed by atoms with E-state index in [1.54, 1.807) is 4.90 Å². The van der Waals surface area contributed by atoms with Gasteiger partial charge in [-0.25, -0.2) is 0 Å². The molecular formula is C17H24ClF3N2O2. The van der Waals surface area contributed by atoms with Crippen LogP contribution in [0.1, 0.15) is 32.3 Å². The zero-order chi connectivity index (χ0) is 17.7. The molecule has 1 fully saturated rings. The molecule has 1 heterocycles. The summed E-state index contributed by atoms with van der Waals surface area (Å²) in [5.41, 5.74) is -0.866. The predicted octanol–water partition coefficient (Wildman–Crippen LogP) is 3.50. The highest BCUT2D eigenvalue weighted by molar-refractivity contribution is 5.85. The van der Waals surface area contributed by atoms with E-state index < -0.39 is 17.8 Å². The number of para-hydroxylation sites is 1. The second-order valence-electron chi connectivity index (χ2n) is 5.93. The SMILES string of the molecule is CCCN(C(=O)C(C)Oc1ccccc1C(F)(F)F)C1CCNC1.Cl. The van der Waals surface area contributed by atoms with Gasteiger partial charge in [0.05, 0.1) is 5.56 Å². The number of nitrogens with zero attached hydrogens (tertiary/aromatic N) is 1. The van der Waals surface area contributed by atoms with Crippen molar-refractivity contribution in [2.24, 2.45) is 0 Å². The molecule has 142 valence electrons. The molecule has 25 heavy (non-hydrogen) atoms. The van der Waals surface area contributed by atoms with Crippen molar-refractivity contribution in [3.05, 3.63) is 29.8 Å². The van der Waals surface area contributed by atoms with Crippen LogP contribution in [0.25, 0.3) is 0 Å². The second kappa shape index (κ2) is 9.29. The van der Waals surface area contributed by atoms with E-state index in [1.165, 1.54) is 25.1 Å². The zero-order valence-electron chi connectivity index (χ0n) is 14.3. The number of hydrogen-bond acceptors (Lipinski definition) is 3. The van der Waals surface area contributed by atoms with Crippen molar-refractivity contribution in [1.82, 2.24) is 10.2 Å². The summed E-state index contributed by atoms with van der Waals surface area (Å²) in [6, 6.07) is 5.04. The molecule has 1 aliphatic heterocycles. The molecule has 0 aromatic heterocycles. The minimum Gasteiger partial charge on any atom is -0.480 e. The van der Waals surface area contributed by atoms with Crippen LogP contribution in [0.3, 0.4) is 0 Å². The number of nitrogens with one attached hydrogen (secondary N) is 1. The highest BCUT2D eigenvalue weighted by Crippen LogP contribution is 2.36. The van der Waals surface area contributed by atoms with Gasteiger partial charge in [-0.1, -0.05) is 19.1 Å². The molecule has 1 amide bonds. The maximum atomic E-state index is 13.0. The molecule has 1 N–H and O–H groups in total. The van der Waals surface area contributed by atoms with Crippen LogP contribution in [0, 0.1) is 0 Å². The van der Waals surface area contributed by atoms with Gasteiger partial charge in [0.15, 0.2) is 6.10 Å². The number of alkyl halides is 3. The third kappa shape index (κ3) is 5.51. The summed E-state index contributed by atoms with van der Waals surface area (Å²) in [6.45, 7) is 5.58. The number of benzene rings is 1. The molecule has 2 rings (SSSR count). The molecule has 0 saturated carbocycles. The highest BCUT2D eigenvalue weighted by Gasteiger charge is 2.36. The predicted molar refractivity (Wildman–Crippen MR) is 92.1 cm³/mol. The van der Waals surface area contributed by atoms with Gasteiger partial charge >= 0.3 is 6.18 Å². The molecule has 0 bridgehead atoms. The van der Waals surface area contributed by atoms with E-state index in [0.29, 0.717) is 13.1 Å². The van der Waals surface area contributed by atoms with Crippen molar-refractivity contribution in [3.63, 3.8) is 0 Å². The third-order valence-electron chi connectivity index (χ3n) is 4.07. The van der Waals surface area contributed by atoms with Crippen molar-refractivity contribution in [2.45, 2.75) is 45.0 Å². The van der Waals surface area contributed by atoms with Crippen molar-refractivity contribution < 1.29 is 22.7 Å². The Morgan fingerprint density at radius 1 is 1.40 bits per heavy atom. The van der Waals surface area contributed by atoms with E-state index in [-0.39, 0.29) is 30.1 Å². The van der Waals surface area contributed by atoms with E-state index in [2.05, 4.69) is 5.32 Å². The first-order valence-corrected chi connectivity index (χ1v) is 8.18. The number of carbonyl (C=O) groups is 1. The highest BCUT2D eigenvalue weighted by atomic mass is 35.5. The van der Waals surface area contributed by atoms with E-state index in [0.717, 1.165) is 25.5 Å². The van der Waals surface area contributed by atoms with Gasteiger partial charge in [0.25, 0.3) is 5.91 Å². The third-order valence-corrected chi connectivity index (χ3v) is 4.07. The summed E-state index contributed by atoms with van der Waals surface area (Å²) < 4.78 is 44.5. The van der Waals surface area contributed by atoms with Crippen LogP contribution >= 0.6 is 12.4 Å².